The normalized spacial score (nSPS) is 11.1. The van der Waals surface area contributed by atoms with Gasteiger partial charge in [0.2, 0.25) is 0 Å². The van der Waals surface area contributed by atoms with Crippen LogP contribution in [0.25, 0.3) is 0 Å². The van der Waals surface area contributed by atoms with Gasteiger partial charge in [0.15, 0.2) is 6.10 Å². The van der Waals surface area contributed by atoms with Crippen LogP contribution in [0.5, 0.6) is 0 Å². The van der Waals surface area contributed by atoms with Crippen LogP contribution >= 0.6 is 0 Å². The van der Waals surface area contributed by atoms with Crippen LogP contribution < -0.4 is 5.32 Å². The molecule has 0 radical (unpaired) electrons. The van der Waals surface area contributed by atoms with Gasteiger partial charge in [-0.15, -0.1) is 0 Å². The van der Waals surface area contributed by atoms with Crippen molar-refractivity contribution in [3.63, 3.8) is 0 Å². The minimum Gasteiger partial charge on any atom is -0.449 e. The summed E-state index contributed by atoms with van der Waals surface area (Å²) in [5.74, 6) is -1.33. The van der Waals surface area contributed by atoms with E-state index in [0.717, 1.165) is 11.6 Å². The largest absolute Gasteiger partial charge is 0.449 e. The van der Waals surface area contributed by atoms with E-state index in [1.165, 1.54) is 31.0 Å². The number of non-ortho nitro benzene ring substituents is 1. The van der Waals surface area contributed by atoms with E-state index in [-0.39, 0.29) is 24.2 Å². The van der Waals surface area contributed by atoms with E-state index in [1.807, 2.05) is 36.4 Å². The Bertz CT molecular complexity index is 956. The lowest BCUT2D eigenvalue weighted by atomic mass is 10.1. The fourth-order valence-electron chi connectivity index (χ4n) is 2.67. The number of nitro benzene ring substituents is 1. The molecule has 0 fully saturated rings. The number of anilines is 1. The van der Waals surface area contributed by atoms with Crippen molar-refractivity contribution in [3.8, 4) is 6.07 Å². The summed E-state index contributed by atoms with van der Waals surface area (Å²) in [4.78, 5) is 36.8. The van der Waals surface area contributed by atoms with Crippen molar-refractivity contribution in [2.45, 2.75) is 26.0 Å². The van der Waals surface area contributed by atoms with Gasteiger partial charge in [0.1, 0.15) is 0 Å². The van der Waals surface area contributed by atoms with Crippen LogP contribution in [0.3, 0.4) is 0 Å². The number of benzene rings is 2. The lowest BCUT2D eigenvalue weighted by Crippen LogP contribution is -2.38. The highest BCUT2D eigenvalue weighted by molar-refractivity contribution is 5.98. The van der Waals surface area contributed by atoms with Crippen molar-refractivity contribution >= 4 is 23.3 Å². The first-order valence-corrected chi connectivity index (χ1v) is 9.22. The van der Waals surface area contributed by atoms with E-state index in [4.69, 9.17) is 10.00 Å². The third-order valence-electron chi connectivity index (χ3n) is 4.33. The number of hydrogen-bond donors (Lipinski definition) is 1. The molecule has 0 aliphatic rings. The number of rotatable bonds is 9. The van der Waals surface area contributed by atoms with Gasteiger partial charge in [-0.2, -0.15) is 5.26 Å². The second-order valence-corrected chi connectivity index (χ2v) is 6.54. The van der Waals surface area contributed by atoms with Crippen molar-refractivity contribution in [1.82, 2.24) is 4.90 Å². The fraction of sp³-hybridized carbons (Fsp3) is 0.286. The topological polar surface area (TPSA) is 126 Å². The number of carbonyl (C=O) groups is 2. The molecule has 0 saturated heterocycles. The molecule has 1 N–H and O–H groups in total. The maximum atomic E-state index is 12.7. The Hall–Kier alpha value is -3.93. The Kier molecular flexibility index (Phi) is 7.88. The molecule has 0 spiro atoms. The SMILES string of the molecule is C[C@H](OC(=O)c1cc([N+](=O)[O-])ccc1NCc1ccccc1)C(=O)N(C)CCC#N. The average molecular weight is 410 g/mol. The van der Waals surface area contributed by atoms with Crippen LogP contribution in [0.15, 0.2) is 48.5 Å². The summed E-state index contributed by atoms with van der Waals surface area (Å²) in [5.41, 5.74) is 1.00. The summed E-state index contributed by atoms with van der Waals surface area (Å²) in [6, 6.07) is 15.2. The molecule has 2 aromatic rings. The quantitative estimate of drug-likeness (QED) is 0.382. The number of nitro groups is 1. The molecule has 0 aromatic heterocycles. The highest BCUT2D eigenvalue weighted by Crippen LogP contribution is 2.24. The van der Waals surface area contributed by atoms with E-state index in [1.54, 1.807) is 0 Å². The van der Waals surface area contributed by atoms with E-state index < -0.39 is 22.9 Å². The molecule has 0 unspecified atom stereocenters. The van der Waals surface area contributed by atoms with Gasteiger partial charge in [-0.25, -0.2) is 4.79 Å². The van der Waals surface area contributed by atoms with Gasteiger partial charge in [0, 0.05) is 38.0 Å². The average Bonchev–Trinajstić information content (AvgIpc) is 2.75. The van der Waals surface area contributed by atoms with E-state index in [2.05, 4.69) is 5.32 Å². The molecule has 2 aromatic carbocycles. The van der Waals surface area contributed by atoms with Gasteiger partial charge in [0.25, 0.3) is 11.6 Å². The summed E-state index contributed by atoms with van der Waals surface area (Å²) in [5, 5.41) is 22.8. The first-order chi connectivity index (χ1) is 14.3. The predicted molar refractivity (Wildman–Crippen MR) is 110 cm³/mol. The lowest BCUT2D eigenvalue weighted by molar-refractivity contribution is -0.384. The Morgan fingerprint density at radius 1 is 1.27 bits per heavy atom. The van der Waals surface area contributed by atoms with Crippen LogP contribution in [0.1, 0.15) is 29.3 Å². The maximum absolute atomic E-state index is 12.7. The zero-order valence-electron chi connectivity index (χ0n) is 16.7. The van der Waals surface area contributed by atoms with Gasteiger partial charge >= 0.3 is 5.97 Å². The second-order valence-electron chi connectivity index (χ2n) is 6.54. The minimum atomic E-state index is -1.11. The van der Waals surface area contributed by atoms with Crippen LogP contribution in [0.4, 0.5) is 11.4 Å². The number of hydrogen-bond acceptors (Lipinski definition) is 7. The molecule has 0 saturated carbocycles. The molecule has 9 heteroatoms. The standard InChI is InChI=1S/C21H22N4O5/c1-15(20(26)24(2)12-6-11-22)30-21(27)18-13-17(25(28)29)9-10-19(18)23-14-16-7-4-3-5-8-16/h3-5,7-10,13,15,23H,6,12,14H2,1-2H3/t15-/m0/s1. The van der Waals surface area contributed by atoms with E-state index in [0.29, 0.717) is 12.2 Å². The smallest absolute Gasteiger partial charge is 0.341 e. The third-order valence-corrected chi connectivity index (χ3v) is 4.33. The molecule has 2 rings (SSSR count). The van der Waals surface area contributed by atoms with Crippen LogP contribution in [0, 0.1) is 21.4 Å². The molecule has 30 heavy (non-hydrogen) atoms. The summed E-state index contributed by atoms with van der Waals surface area (Å²) in [6.45, 7) is 2.01. The Morgan fingerprint density at radius 2 is 1.97 bits per heavy atom. The molecule has 1 atom stereocenters. The molecule has 9 nitrogen and oxygen atoms in total. The monoisotopic (exact) mass is 410 g/mol. The Labute approximate surface area is 174 Å². The molecule has 0 heterocycles. The summed E-state index contributed by atoms with van der Waals surface area (Å²) >= 11 is 0. The second kappa shape index (κ2) is 10.6. The number of nitriles is 1. The Morgan fingerprint density at radius 3 is 2.60 bits per heavy atom. The maximum Gasteiger partial charge on any atom is 0.341 e. The van der Waals surface area contributed by atoms with Gasteiger partial charge in [0.05, 0.1) is 23.0 Å². The molecule has 0 aliphatic carbocycles. The van der Waals surface area contributed by atoms with Crippen molar-refractivity contribution in [2.24, 2.45) is 0 Å². The zero-order chi connectivity index (χ0) is 22.1. The van der Waals surface area contributed by atoms with Crippen LogP contribution in [-0.4, -0.2) is 41.4 Å². The van der Waals surface area contributed by atoms with Gasteiger partial charge in [-0.1, -0.05) is 30.3 Å². The van der Waals surface area contributed by atoms with Gasteiger partial charge < -0.3 is 15.0 Å². The molecule has 0 aliphatic heterocycles. The summed E-state index contributed by atoms with van der Waals surface area (Å²) < 4.78 is 5.25. The molecular weight excluding hydrogens is 388 g/mol. The molecule has 0 bridgehead atoms. The minimum absolute atomic E-state index is 0.0422. The number of nitrogens with one attached hydrogen (secondary N) is 1. The van der Waals surface area contributed by atoms with Crippen molar-refractivity contribution in [2.75, 3.05) is 18.9 Å². The third kappa shape index (κ3) is 6.04. The summed E-state index contributed by atoms with van der Waals surface area (Å²) in [7, 11) is 1.50. The lowest BCUT2D eigenvalue weighted by Gasteiger charge is -2.21. The molecular formula is C21H22N4O5. The van der Waals surface area contributed by atoms with Crippen molar-refractivity contribution < 1.29 is 19.2 Å². The van der Waals surface area contributed by atoms with E-state index >= 15 is 0 Å². The number of carbonyl (C=O) groups excluding carboxylic acids is 2. The number of likely N-dealkylation sites (N-methyl/N-ethyl adjacent to an activating group) is 1. The number of esters is 1. The first-order valence-electron chi connectivity index (χ1n) is 9.22. The Balaban J connectivity index is 2.18. The predicted octanol–water partition coefficient (Wildman–Crippen LogP) is 3.12. The van der Waals surface area contributed by atoms with E-state index in [9.17, 15) is 19.7 Å². The highest BCUT2D eigenvalue weighted by Gasteiger charge is 2.25. The van der Waals surface area contributed by atoms with Gasteiger partial charge in [-0.05, 0) is 18.6 Å². The molecule has 156 valence electrons. The molecule has 1 amide bonds. The number of nitrogens with zero attached hydrogens (tertiary/aromatic N) is 3. The highest BCUT2D eigenvalue weighted by atomic mass is 16.6. The number of ether oxygens (including phenoxy) is 1. The van der Waals surface area contributed by atoms with Crippen LogP contribution in [-0.2, 0) is 16.1 Å². The zero-order valence-corrected chi connectivity index (χ0v) is 16.7. The summed E-state index contributed by atoms with van der Waals surface area (Å²) in [6.07, 6.45) is -0.955. The first kappa shape index (κ1) is 22.4. The van der Waals surface area contributed by atoms with Gasteiger partial charge in [-0.3, -0.25) is 14.9 Å². The van der Waals surface area contributed by atoms with Crippen LogP contribution in [0.2, 0.25) is 0 Å². The number of amides is 1. The van der Waals surface area contributed by atoms with Crippen molar-refractivity contribution in [1.29, 1.82) is 5.26 Å². The fourth-order valence-corrected chi connectivity index (χ4v) is 2.67. The van der Waals surface area contributed by atoms with Crippen molar-refractivity contribution in [3.05, 3.63) is 69.8 Å².